The van der Waals surface area contributed by atoms with Gasteiger partial charge in [-0.2, -0.15) is 0 Å². The number of anilines is 1. The van der Waals surface area contributed by atoms with Crippen LogP contribution in [-0.4, -0.2) is 18.4 Å². The molecule has 0 bridgehead atoms. The highest BCUT2D eigenvalue weighted by Gasteiger charge is 2.10. The number of benzene rings is 1. The van der Waals surface area contributed by atoms with Crippen LogP contribution in [0.25, 0.3) is 0 Å². The molecule has 4 nitrogen and oxygen atoms in total. The molecule has 2 N–H and O–H groups in total. The van der Waals surface area contributed by atoms with Gasteiger partial charge < -0.3 is 10.6 Å². The van der Waals surface area contributed by atoms with Crippen LogP contribution in [0.2, 0.25) is 0 Å². The first-order chi connectivity index (χ1) is 8.69. The van der Waals surface area contributed by atoms with E-state index in [4.69, 9.17) is 0 Å². The number of hydrogen-bond donors (Lipinski definition) is 2. The van der Waals surface area contributed by atoms with Gasteiger partial charge in [0.05, 0.1) is 11.3 Å². The summed E-state index contributed by atoms with van der Waals surface area (Å²) in [7, 11) is 0. The lowest BCUT2D eigenvalue weighted by Crippen LogP contribution is -2.25. The monoisotopic (exact) mass is 246 g/mol. The number of hydrogen-bond acceptors (Lipinski definition) is 2. The molecule has 0 heterocycles. The Bertz CT molecular complexity index is 453. The number of carbonyl (C=O) groups is 2. The van der Waals surface area contributed by atoms with Crippen LogP contribution in [0.4, 0.5) is 5.69 Å². The molecule has 0 saturated carbocycles. The summed E-state index contributed by atoms with van der Waals surface area (Å²) in [5.41, 5.74) is 0.998. The smallest absolute Gasteiger partial charge is 0.253 e. The predicted octanol–water partition coefficient (Wildman–Crippen LogP) is 2.34. The van der Waals surface area contributed by atoms with Crippen LogP contribution in [0.3, 0.4) is 0 Å². The molecule has 0 unspecified atom stereocenters. The van der Waals surface area contributed by atoms with Crippen LogP contribution < -0.4 is 10.6 Å². The molecule has 2 amide bonds. The second-order valence-corrected chi connectivity index (χ2v) is 3.79. The summed E-state index contributed by atoms with van der Waals surface area (Å²) in [6.07, 6.45) is 3.94. The van der Waals surface area contributed by atoms with Gasteiger partial charge >= 0.3 is 0 Å². The van der Waals surface area contributed by atoms with E-state index >= 15 is 0 Å². The number of para-hydroxylation sites is 1. The number of rotatable bonds is 5. The molecule has 96 valence electrons. The Hall–Kier alpha value is -2.10. The third kappa shape index (κ3) is 4.05. The largest absolute Gasteiger partial charge is 0.352 e. The van der Waals surface area contributed by atoms with Crippen molar-refractivity contribution in [1.29, 1.82) is 0 Å². The number of allylic oxidation sites excluding steroid dienone is 1. The SMILES string of the molecule is CC=CC(=O)Nc1ccccc1C(=O)NCCC. The van der Waals surface area contributed by atoms with E-state index in [1.54, 1.807) is 37.3 Å². The Morgan fingerprint density at radius 3 is 2.67 bits per heavy atom. The maximum absolute atomic E-state index is 11.9. The van der Waals surface area contributed by atoms with E-state index in [0.29, 0.717) is 17.8 Å². The Balaban J connectivity index is 2.85. The first-order valence-electron chi connectivity index (χ1n) is 6.00. The topological polar surface area (TPSA) is 58.2 Å². The highest BCUT2D eigenvalue weighted by molar-refractivity contribution is 6.06. The summed E-state index contributed by atoms with van der Waals surface area (Å²) in [5, 5.41) is 5.47. The third-order valence-corrected chi connectivity index (χ3v) is 2.28. The second kappa shape index (κ2) is 7.27. The quantitative estimate of drug-likeness (QED) is 0.783. The Morgan fingerprint density at radius 2 is 2.00 bits per heavy atom. The molecule has 1 aromatic rings. The van der Waals surface area contributed by atoms with Gasteiger partial charge in [-0.1, -0.05) is 25.1 Å². The molecule has 0 fully saturated rings. The van der Waals surface area contributed by atoms with E-state index < -0.39 is 0 Å². The first-order valence-corrected chi connectivity index (χ1v) is 6.00. The van der Waals surface area contributed by atoms with Crippen molar-refractivity contribution in [3.8, 4) is 0 Å². The molecular weight excluding hydrogens is 228 g/mol. The van der Waals surface area contributed by atoms with Crippen molar-refractivity contribution in [1.82, 2.24) is 5.32 Å². The van der Waals surface area contributed by atoms with Crippen molar-refractivity contribution in [3.05, 3.63) is 42.0 Å². The fraction of sp³-hybridized carbons (Fsp3) is 0.286. The zero-order valence-corrected chi connectivity index (χ0v) is 10.7. The van der Waals surface area contributed by atoms with Crippen LogP contribution in [-0.2, 0) is 4.79 Å². The van der Waals surface area contributed by atoms with E-state index in [9.17, 15) is 9.59 Å². The minimum absolute atomic E-state index is 0.173. The molecule has 0 saturated heterocycles. The Kier molecular flexibility index (Phi) is 5.64. The van der Waals surface area contributed by atoms with Crippen molar-refractivity contribution in [2.24, 2.45) is 0 Å². The highest BCUT2D eigenvalue weighted by atomic mass is 16.2. The summed E-state index contributed by atoms with van der Waals surface area (Å²) >= 11 is 0. The maximum Gasteiger partial charge on any atom is 0.253 e. The Labute approximate surface area is 107 Å². The zero-order chi connectivity index (χ0) is 13.4. The molecule has 4 heteroatoms. The van der Waals surface area contributed by atoms with Gasteiger partial charge in [0.25, 0.3) is 5.91 Å². The molecule has 1 rings (SSSR count). The molecule has 0 aliphatic rings. The fourth-order valence-electron chi connectivity index (χ4n) is 1.45. The molecule has 0 aliphatic carbocycles. The van der Waals surface area contributed by atoms with Crippen LogP contribution in [0.5, 0.6) is 0 Å². The standard InChI is InChI=1S/C14H18N2O2/c1-3-7-13(17)16-12-9-6-5-8-11(12)14(18)15-10-4-2/h3,5-9H,4,10H2,1-2H3,(H,15,18)(H,16,17). The average molecular weight is 246 g/mol. The first kappa shape index (κ1) is 14.0. The van der Waals surface area contributed by atoms with Crippen molar-refractivity contribution in [2.75, 3.05) is 11.9 Å². The number of nitrogens with one attached hydrogen (secondary N) is 2. The lowest BCUT2D eigenvalue weighted by atomic mass is 10.1. The number of amides is 2. The van der Waals surface area contributed by atoms with Crippen LogP contribution in [0, 0.1) is 0 Å². The number of carbonyl (C=O) groups excluding carboxylic acids is 2. The molecule has 18 heavy (non-hydrogen) atoms. The minimum atomic E-state index is -0.242. The van der Waals surface area contributed by atoms with Gasteiger partial charge in [0.2, 0.25) is 5.91 Å². The molecule has 0 spiro atoms. The molecule has 0 atom stereocenters. The van der Waals surface area contributed by atoms with Gasteiger partial charge in [-0.05, 0) is 31.6 Å². The zero-order valence-electron chi connectivity index (χ0n) is 10.7. The Morgan fingerprint density at radius 1 is 1.28 bits per heavy atom. The normalized spacial score (nSPS) is 10.3. The van der Waals surface area contributed by atoms with Crippen molar-refractivity contribution in [2.45, 2.75) is 20.3 Å². The molecule has 0 aromatic heterocycles. The maximum atomic E-state index is 11.9. The lowest BCUT2D eigenvalue weighted by Gasteiger charge is -2.09. The van der Waals surface area contributed by atoms with Crippen LogP contribution in [0.15, 0.2) is 36.4 Å². The van der Waals surface area contributed by atoms with Crippen LogP contribution in [0.1, 0.15) is 30.6 Å². The van der Waals surface area contributed by atoms with Gasteiger partial charge in [-0.3, -0.25) is 9.59 Å². The molecular formula is C14H18N2O2. The van der Waals surface area contributed by atoms with Gasteiger partial charge in [-0.15, -0.1) is 0 Å². The predicted molar refractivity (Wildman–Crippen MR) is 72.5 cm³/mol. The van der Waals surface area contributed by atoms with Gasteiger partial charge in [0, 0.05) is 6.54 Å². The third-order valence-electron chi connectivity index (χ3n) is 2.28. The van der Waals surface area contributed by atoms with Crippen molar-refractivity contribution >= 4 is 17.5 Å². The van der Waals surface area contributed by atoms with Crippen LogP contribution >= 0.6 is 0 Å². The van der Waals surface area contributed by atoms with E-state index in [1.807, 2.05) is 6.92 Å². The summed E-state index contributed by atoms with van der Waals surface area (Å²) in [5.74, 6) is -0.415. The average Bonchev–Trinajstić information content (AvgIpc) is 2.37. The molecule has 0 radical (unpaired) electrons. The van der Waals surface area contributed by atoms with Gasteiger partial charge in [-0.25, -0.2) is 0 Å². The minimum Gasteiger partial charge on any atom is -0.352 e. The summed E-state index contributed by atoms with van der Waals surface area (Å²) in [6, 6.07) is 6.95. The lowest BCUT2D eigenvalue weighted by molar-refractivity contribution is -0.111. The summed E-state index contributed by atoms with van der Waals surface area (Å²) in [4.78, 5) is 23.4. The molecule has 1 aromatic carbocycles. The summed E-state index contributed by atoms with van der Waals surface area (Å²) in [6.45, 7) is 4.37. The molecule has 0 aliphatic heterocycles. The highest BCUT2D eigenvalue weighted by Crippen LogP contribution is 2.14. The van der Waals surface area contributed by atoms with Gasteiger partial charge in [0.1, 0.15) is 0 Å². The van der Waals surface area contributed by atoms with E-state index in [-0.39, 0.29) is 11.8 Å². The van der Waals surface area contributed by atoms with E-state index in [2.05, 4.69) is 10.6 Å². The fourth-order valence-corrected chi connectivity index (χ4v) is 1.45. The van der Waals surface area contributed by atoms with E-state index in [0.717, 1.165) is 6.42 Å². The van der Waals surface area contributed by atoms with Crippen molar-refractivity contribution in [3.63, 3.8) is 0 Å². The van der Waals surface area contributed by atoms with Crippen molar-refractivity contribution < 1.29 is 9.59 Å². The summed E-state index contributed by atoms with van der Waals surface area (Å²) < 4.78 is 0. The second-order valence-electron chi connectivity index (χ2n) is 3.79. The van der Waals surface area contributed by atoms with E-state index in [1.165, 1.54) is 6.08 Å². The van der Waals surface area contributed by atoms with Gasteiger partial charge in [0.15, 0.2) is 0 Å².